The van der Waals surface area contributed by atoms with Crippen LogP contribution in [0.25, 0.3) is 0 Å². The van der Waals surface area contributed by atoms with Gasteiger partial charge < -0.3 is 52.5 Å². The molecule has 0 aromatic heterocycles. The second kappa shape index (κ2) is 26.1. The molecular weight excluding hydrogens is 1020 g/mol. The number of aliphatic hydroxyl groups is 1. The van der Waals surface area contributed by atoms with Gasteiger partial charge in [-0.3, -0.25) is 0 Å². The van der Waals surface area contributed by atoms with E-state index in [-0.39, 0.29) is 38.9 Å². The Morgan fingerprint density at radius 2 is 0.557 bits per heavy atom. The summed E-state index contributed by atoms with van der Waals surface area (Å²) in [6.07, 6.45) is -19.1. The third-order valence-corrected chi connectivity index (χ3v) is 12.5. The second-order valence-corrected chi connectivity index (χ2v) is 17.8. The average molecular weight is 1070 g/mol. The number of rotatable bonds is 18. The van der Waals surface area contributed by atoms with Crippen molar-refractivity contribution in [2.45, 2.75) is 61.4 Å². The molecule has 0 spiro atoms. The molecule has 1 N–H and O–H groups in total. The van der Waals surface area contributed by atoms with E-state index in [0.29, 0.717) is 0 Å². The quantitative estimate of drug-likeness (QED) is 0.0642. The zero-order chi connectivity index (χ0) is 55.1. The Morgan fingerprint density at radius 3 is 0.886 bits per heavy atom. The van der Waals surface area contributed by atoms with Crippen LogP contribution in [0.1, 0.15) is 72.5 Å². The molecule has 10 atom stereocenters. The summed E-state index contributed by atoms with van der Waals surface area (Å²) in [5, 5.41) is 12.0. The fraction of sp³-hybridized carbons (Fsp3) is 0.197. The van der Waals surface area contributed by atoms with Crippen LogP contribution in [0.15, 0.2) is 212 Å². The van der Waals surface area contributed by atoms with E-state index in [2.05, 4.69) is 0 Å². The summed E-state index contributed by atoms with van der Waals surface area (Å²) in [5.74, 6) is -6.72. The maximum absolute atomic E-state index is 14.5. The molecule has 402 valence electrons. The maximum atomic E-state index is 14.5. The topological polar surface area (TPSA) is 232 Å². The normalized spacial score (nSPS) is 22.4. The Bertz CT molecular complexity index is 3170. The third kappa shape index (κ3) is 13.8. The standard InChI is InChI=1S/C61H50O18/c62-53(38-22-8-1-9-23-38)70-36-45-47(74-55(64)40-26-12-3-13-27-40)49(51(60(69)72-45)77-58(67)43-32-18-6-19-33-43)79-61-52(78-59(68)44-34-20-7-21-35-44)50(76-57(66)42-30-16-5-17-31-42)48(75-56(65)41-28-14-4-15-29-41)46(73-61)37-71-54(63)39-24-10-2-11-25-39/h1-35,45-52,60-61,69H,36-37H2/t45-,46-,47-,48-,49+,50+,51+,52+,60-,61+/m1/s1. The van der Waals surface area contributed by atoms with Crippen LogP contribution in [0.3, 0.4) is 0 Å². The minimum atomic E-state index is -2.16. The zero-order valence-corrected chi connectivity index (χ0v) is 41.8. The van der Waals surface area contributed by atoms with Crippen LogP contribution < -0.4 is 0 Å². The number of hydrogen-bond acceptors (Lipinski definition) is 18. The number of aliphatic hydroxyl groups excluding tert-OH is 1. The predicted molar refractivity (Wildman–Crippen MR) is 276 cm³/mol. The van der Waals surface area contributed by atoms with Crippen molar-refractivity contribution in [3.05, 3.63) is 251 Å². The fourth-order valence-corrected chi connectivity index (χ4v) is 8.59. The smallest absolute Gasteiger partial charge is 0.338 e. The van der Waals surface area contributed by atoms with E-state index in [9.17, 15) is 38.7 Å². The van der Waals surface area contributed by atoms with Crippen LogP contribution in [-0.2, 0) is 47.4 Å². The Balaban J connectivity index is 1.18. The minimum absolute atomic E-state index is 0.000933. The second-order valence-electron chi connectivity index (χ2n) is 17.8. The van der Waals surface area contributed by atoms with Crippen molar-refractivity contribution in [2.75, 3.05) is 13.2 Å². The average Bonchev–Trinajstić information content (AvgIpc) is 3.54. The van der Waals surface area contributed by atoms with Crippen molar-refractivity contribution in [3.63, 3.8) is 0 Å². The molecule has 18 heteroatoms. The summed E-state index contributed by atoms with van der Waals surface area (Å²) >= 11 is 0. The van der Waals surface area contributed by atoms with Crippen molar-refractivity contribution in [1.29, 1.82) is 0 Å². The van der Waals surface area contributed by atoms with Crippen molar-refractivity contribution in [2.24, 2.45) is 0 Å². The first-order valence-corrected chi connectivity index (χ1v) is 24.9. The molecule has 0 saturated carbocycles. The largest absolute Gasteiger partial charge is 0.459 e. The van der Waals surface area contributed by atoms with Gasteiger partial charge in [0, 0.05) is 0 Å². The molecule has 18 nitrogen and oxygen atoms in total. The molecule has 2 fully saturated rings. The summed E-state index contributed by atoms with van der Waals surface area (Å²) < 4.78 is 61.9. The van der Waals surface area contributed by atoms with Gasteiger partial charge in [0.2, 0.25) is 0 Å². The van der Waals surface area contributed by atoms with Crippen LogP contribution in [0.2, 0.25) is 0 Å². The maximum Gasteiger partial charge on any atom is 0.338 e. The highest BCUT2D eigenvalue weighted by atomic mass is 16.8. The number of hydrogen-bond donors (Lipinski definition) is 1. The molecule has 2 aliphatic heterocycles. The predicted octanol–water partition coefficient (Wildman–Crippen LogP) is 7.66. The lowest BCUT2D eigenvalue weighted by Crippen LogP contribution is -2.67. The highest BCUT2D eigenvalue weighted by Crippen LogP contribution is 2.37. The molecule has 7 aromatic carbocycles. The Morgan fingerprint density at radius 1 is 0.304 bits per heavy atom. The Hall–Kier alpha value is -9.33. The lowest BCUT2D eigenvalue weighted by atomic mass is 9.95. The van der Waals surface area contributed by atoms with E-state index in [1.807, 2.05) is 0 Å². The zero-order valence-electron chi connectivity index (χ0n) is 41.8. The molecule has 0 aliphatic carbocycles. The molecule has 2 saturated heterocycles. The van der Waals surface area contributed by atoms with Gasteiger partial charge in [-0.25, -0.2) is 33.6 Å². The van der Waals surface area contributed by atoms with E-state index < -0.39 is 116 Å². The monoisotopic (exact) mass is 1070 g/mol. The lowest BCUT2D eigenvalue weighted by molar-refractivity contribution is -0.352. The molecule has 0 radical (unpaired) electrons. The van der Waals surface area contributed by atoms with Gasteiger partial charge in [-0.05, 0) is 84.9 Å². The summed E-state index contributed by atoms with van der Waals surface area (Å²) in [6.45, 7) is -1.48. The SMILES string of the molecule is O=C(OC[C@H]1O[C@@H](O[C@@H]2[C@H](OC(=O)c3ccccc3)[C@H](O)O[C@H](COC(=O)c3ccccc3)[C@H]2OC(=O)c2ccccc2)[C@@H](OC(=O)c2ccccc2)[C@@H](OC(=O)c2ccccc2)[C@@H]1OC(=O)c1ccccc1)c1ccccc1. The Labute approximate surface area is 452 Å². The van der Waals surface area contributed by atoms with E-state index >= 15 is 0 Å². The number of benzene rings is 7. The number of esters is 7. The first-order chi connectivity index (χ1) is 38.5. The molecular formula is C61H50O18. The van der Waals surface area contributed by atoms with Gasteiger partial charge in [-0.15, -0.1) is 0 Å². The van der Waals surface area contributed by atoms with E-state index in [4.69, 9.17) is 47.4 Å². The van der Waals surface area contributed by atoms with E-state index in [0.717, 1.165) is 0 Å². The van der Waals surface area contributed by atoms with Crippen LogP contribution in [0, 0.1) is 0 Å². The lowest BCUT2D eigenvalue weighted by Gasteiger charge is -2.48. The molecule has 0 unspecified atom stereocenters. The van der Waals surface area contributed by atoms with Gasteiger partial charge in [0.05, 0.1) is 38.9 Å². The molecule has 2 heterocycles. The summed E-state index contributed by atoms with van der Waals surface area (Å²) in [7, 11) is 0. The van der Waals surface area contributed by atoms with Gasteiger partial charge in [0.1, 0.15) is 31.5 Å². The van der Waals surface area contributed by atoms with Gasteiger partial charge in [-0.2, -0.15) is 0 Å². The van der Waals surface area contributed by atoms with Crippen molar-refractivity contribution in [3.8, 4) is 0 Å². The molecule has 7 aromatic rings. The van der Waals surface area contributed by atoms with Crippen LogP contribution >= 0.6 is 0 Å². The highest BCUT2D eigenvalue weighted by Gasteiger charge is 2.58. The summed E-state index contributed by atoms with van der Waals surface area (Å²) in [5.41, 5.74) is 0.295. The van der Waals surface area contributed by atoms with Crippen LogP contribution in [0.5, 0.6) is 0 Å². The minimum Gasteiger partial charge on any atom is -0.459 e. The fourth-order valence-electron chi connectivity index (χ4n) is 8.59. The number of carbonyl (C=O) groups is 7. The van der Waals surface area contributed by atoms with Crippen LogP contribution in [-0.4, -0.2) is 122 Å². The summed E-state index contributed by atoms with van der Waals surface area (Å²) in [6, 6.07) is 54.1. The van der Waals surface area contributed by atoms with Crippen molar-refractivity contribution in [1.82, 2.24) is 0 Å². The van der Waals surface area contributed by atoms with Gasteiger partial charge in [-0.1, -0.05) is 127 Å². The molecule has 0 amide bonds. The van der Waals surface area contributed by atoms with E-state index in [1.54, 1.807) is 127 Å². The van der Waals surface area contributed by atoms with Gasteiger partial charge in [0.15, 0.2) is 43.1 Å². The van der Waals surface area contributed by atoms with Crippen molar-refractivity contribution >= 4 is 41.8 Å². The summed E-state index contributed by atoms with van der Waals surface area (Å²) in [4.78, 5) is 98.6. The molecule has 79 heavy (non-hydrogen) atoms. The van der Waals surface area contributed by atoms with Crippen LogP contribution in [0.4, 0.5) is 0 Å². The van der Waals surface area contributed by atoms with Crippen molar-refractivity contribution < 1.29 is 86.0 Å². The molecule has 0 bridgehead atoms. The first-order valence-electron chi connectivity index (χ1n) is 24.9. The first kappa shape index (κ1) is 54.5. The molecule has 2 aliphatic rings. The Kier molecular flexibility index (Phi) is 18.0. The van der Waals surface area contributed by atoms with Gasteiger partial charge >= 0.3 is 41.8 Å². The highest BCUT2D eigenvalue weighted by molar-refractivity contribution is 5.93. The number of ether oxygens (including phenoxy) is 10. The number of carbonyl (C=O) groups excluding carboxylic acids is 7. The molecule has 9 rings (SSSR count). The van der Waals surface area contributed by atoms with E-state index in [1.165, 1.54) is 84.9 Å². The van der Waals surface area contributed by atoms with Gasteiger partial charge in [0.25, 0.3) is 0 Å². The third-order valence-electron chi connectivity index (χ3n) is 12.5.